The van der Waals surface area contributed by atoms with Crippen molar-refractivity contribution in [3.05, 3.63) is 70.9 Å². The molecule has 0 aliphatic carbocycles. The van der Waals surface area contributed by atoms with Crippen LogP contribution in [0.1, 0.15) is 31.0 Å². The van der Waals surface area contributed by atoms with Crippen LogP contribution < -0.4 is 15.4 Å². The van der Waals surface area contributed by atoms with Crippen molar-refractivity contribution in [2.24, 2.45) is 0 Å². The number of hydrogen-bond acceptors (Lipinski definition) is 4. The highest BCUT2D eigenvalue weighted by Gasteiger charge is 2.17. The minimum Gasteiger partial charge on any atom is -0.494 e. The van der Waals surface area contributed by atoms with E-state index in [0.29, 0.717) is 12.4 Å². The Morgan fingerprint density at radius 2 is 2.04 bits per heavy atom. The van der Waals surface area contributed by atoms with E-state index in [2.05, 4.69) is 10.6 Å². The van der Waals surface area contributed by atoms with Crippen LogP contribution >= 0.6 is 0 Å². The van der Waals surface area contributed by atoms with Gasteiger partial charge in [0.05, 0.1) is 18.3 Å². The molecule has 0 aliphatic rings. The molecule has 7 heteroatoms. The molecule has 1 unspecified atom stereocenters. The second-order valence-corrected chi connectivity index (χ2v) is 6.11. The fourth-order valence-corrected chi connectivity index (χ4v) is 2.55. The van der Waals surface area contributed by atoms with Crippen LogP contribution in [0.2, 0.25) is 0 Å². The number of nitrogens with zero attached hydrogens (tertiary/aromatic N) is 1. The largest absolute Gasteiger partial charge is 0.494 e. The number of aryl methyl sites for hydroxylation is 1. The predicted octanol–water partition coefficient (Wildman–Crippen LogP) is 4.37. The summed E-state index contributed by atoms with van der Waals surface area (Å²) in [6.45, 7) is 6.03. The van der Waals surface area contributed by atoms with E-state index < -0.39 is 23.6 Å². The summed E-state index contributed by atoms with van der Waals surface area (Å²) in [6, 6.07) is 9.80. The number of hydrogen-bond donors (Lipinski definition) is 2. The minimum absolute atomic E-state index is 0.175. The van der Waals surface area contributed by atoms with Gasteiger partial charge in [0.25, 0.3) is 5.91 Å². The zero-order valence-corrected chi connectivity index (χ0v) is 15.8. The number of carbonyl (C=O) groups is 1. The topological polar surface area (TPSA) is 74.1 Å². The number of halogens is 2. The SMILES string of the molecule is CCOc1ccc(C)cc1C(C)NC(=O)/C(C#N)=C\Nc1cc(F)ccc1F. The van der Waals surface area contributed by atoms with E-state index in [4.69, 9.17) is 4.74 Å². The summed E-state index contributed by atoms with van der Waals surface area (Å²) in [5.41, 5.74) is 1.32. The zero-order valence-electron chi connectivity index (χ0n) is 15.8. The molecule has 2 N–H and O–H groups in total. The molecule has 1 atom stereocenters. The van der Waals surface area contributed by atoms with Crippen LogP contribution in [0.3, 0.4) is 0 Å². The van der Waals surface area contributed by atoms with Crippen LogP contribution in [0.25, 0.3) is 0 Å². The monoisotopic (exact) mass is 385 g/mol. The first kappa shape index (κ1) is 20.9. The molecule has 146 valence electrons. The Hall–Kier alpha value is -3.40. The van der Waals surface area contributed by atoms with Gasteiger partial charge in [0.1, 0.15) is 29.0 Å². The van der Waals surface area contributed by atoms with E-state index in [1.807, 2.05) is 32.0 Å². The van der Waals surface area contributed by atoms with Crippen molar-refractivity contribution in [2.75, 3.05) is 11.9 Å². The molecule has 2 aromatic carbocycles. The van der Waals surface area contributed by atoms with Crippen molar-refractivity contribution in [1.82, 2.24) is 5.32 Å². The zero-order chi connectivity index (χ0) is 20.7. The van der Waals surface area contributed by atoms with Crippen molar-refractivity contribution in [3.63, 3.8) is 0 Å². The summed E-state index contributed by atoms with van der Waals surface area (Å²) >= 11 is 0. The van der Waals surface area contributed by atoms with Crippen LogP contribution in [-0.2, 0) is 4.79 Å². The third-order valence-corrected chi connectivity index (χ3v) is 3.94. The molecule has 0 aromatic heterocycles. The number of amides is 1. The first-order valence-electron chi connectivity index (χ1n) is 8.71. The van der Waals surface area contributed by atoms with Gasteiger partial charge in [-0.2, -0.15) is 5.26 Å². The number of rotatable bonds is 7. The molecule has 28 heavy (non-hydrogen) atoms. The molecular weight excluding hydrogens is 364 g/mol. The maximum atomic E-state index is 13.7. The van der Waals surface area contributed by atoms with Crippen LogP contribution in [0.15, 0.2) is 48.2 Å². The third-order valence-electron chi connectivity index (χ3n) is 3.94. The van der Waals surface area contributed by atoms with Gasteiger partial charge < -0.3 is 15.4 Å². The van der Waals surface area contributed by atoms with Crippen molar-refractivity contribution in [3.8, 4) is 11.8 Å². The summed E-state index contributed by atoms with van der Waals surface area (Å²) in [7, 11) is 0. The number of carbonyl (C=O) groups excluding carboxylic acids is 1. The predicted molar refractivity (Wildman–Crippen MR) is 103 cm³/mol. The maximum absolute atomic E-state index is 13.7. The number of nitrogens with one attached hydrogen (secondary N) is 2. The standard InChI is InChI=1S/C21H21F2N3O2/c1-4-28-20-8-5-13(2)9-17(20)14(3)26-21(27)15(11-24)12-25-19-10-16(22)6-7-18(19)23/h5-10,12,14,25H,4H2,1-3H3,(H,26,27)/b15-12-. The molecule has 0 aliphatic heterocycles. The molecule has 1 amide bonds. The highest BCUT2D eigenvalue weighted by molar-refractivity contribution is 5.97. The number of anilines is 1. The lowest BCUT2D eigenvalue weighted by atomic mass is 10.0. The van der Waals surface area contributed by atoms with Gasteiger partial charge in [0, 0.05) is 17.8 Å². The summed E-state index contributed by atoms with van der Waals surface area (Å²) in [6.07, 6.45) is 1.04. The molecule has 0 saturated heterocycles. The van der Waals surface area contributed by atoms with Gasteiger partial charge in [0.15, 0.2) is 0 Å². The molecule has 0 bridgehead atoms. The van der Waals surface area contributed by atoms with Crippen LogP contribution in [0.5, 0.6) is 5.75 Å². The smallest absolute Gasteiger partial charge is 0.263 e. The molecular formula is C21H21F2N3O2. The maximum Gasteiger partial charge on any atom is 0.263 e. The Morgan fingerprint density at radius 1 is 1.29 bits per heavy atom. The molecule has 0 radical (unpaired) electrons. The van der Waals surface area contributed by atoms with E-state index in [1.165, 1.54) is 0 Å². The van der Waals surface area contributed by atoms with E-state index in [9.17, 15) is 18.8 Å². The van der Waals surface area contributed by atoms with Crippen LogP contribution in [0, 0.1) is 29.9 Å². The highest BCUT2D eigenvalue weighted by atomic mass is 19.1. The second kappa shape index (κ2) is 9.51. The molecule has 5 nitrogen and oxygen atoms in total. The normalized spacial score (nSPS) is 12.1. The molecule has 2 aromatic rings. The average molecular weight is 385 g/mol. The lowest BCUT2D eigenvalue weighted by Gasteiger charge is -2.18. The molecule has 2 rings (SSSR count). The number of nitriles is 1. The lowest BCUT2D eigenvalue weighted by molar-refractivity contribution is -0.117. The third kappa shape index (κ3) is 5.30. The Morgan fingerprint density at radius 3 is 2.71 bits per heavy atom. The van der Waals surface area contributed by atoms with Gasteiger partial charge >= 0.3 is 0 Å². The summed E-state index contributed by atoms with van der Waals surface area (Å²) in [5.74, 6) is -1.35. The molecule has 0 fully saturated rings. The first-order valence-corrected chi connectivity index (χ1v) is 8.71. The summed E-state index contributed by atoms with van der Waals surface area (Å²) < 4.78 is 32.5. The van der Waals surface area contributed by atoms with Crippen molar-refractivity contribution < 1.29 is 18.3 Å². The fraction of sp³-hybridized carbons (Fsp3) is 0.238. The van der Waals surface area contributed by atoms with Gasteiger partial charge in [-0.1, -0.05) is 17.7 Å². The van der Waals surface area contributed by atoms with Crippen molar-refractivity contribution in [1.29, 1.82) is 5.26 Å². The Kier molecular flexibility index (Phi) is 7.10. The van der Waals surface area contributed by atoms with Gasteiger partial charge in [-0.25, -0.2) is 8.78 Å². The van der Waals surface area contributed by atoms with E-state index in [0.717, 1.165) is 35.5 Å². The molecule has 0 saturated carbocycles. The number of benzene rings is 2. The summed E-state index contributed by atoms with van der Waals surface area (Å²) in [4.78, 5) is 12.4. The van der Waals surface area contributed by atoms with E-state index >= 15 is 0 Å². The van der Waals surface area contributed by atoms with Crippen LogP contribution in [-0.4, -0.2) is 12.5 Å². The van der Waals surface area contributed by atoms with Gasteiger partial charge in [0.2, 0.25) is 0 Å². The quantitative estimate of drug-likeness (QED) is 0.548. The molecule has 0 heterocycles. The van der Waals surface area contributed by atoms with Gasteiger partial charge in [-0.15, -0.1) is 0 Å². The van der Waals surface area contributed by atoms with Crippen molar-refractivity contribution in [2.45, 2.75) is 26.8 Å². The second-order valence-electron chi connectivity index (χ2n) is 6.11. The molecule has 0 spiro atoms. The van der Waals surface area contributed by atoms with Gasteiger partial charge in [-0.05, 0) is 39.0 Å². The fourth-order valence-electron chi connectivity index (χ4n) is 2.55. The summed E-state index contributed by atoms with van der Waals surface area (Å²) in [5, 5.41) is 14.4. The highest BCUT2D eigenvalue weighted by Crippen LogP contribution is 2.26. The van der Waals surface area contributed by atoms with Crippen molar-refractivity contribution >= 4 is 11.6 Å². The average Bonchev–Trinajstić information content (AvgIpc) is 2.66. The number of ether oxygens (including phenoxy) is 1. The van der Waals surface area contributed by atoms with E-state index in [-0.39, 0.29) is 11.3 Å². The first-order chi connectivity index (χ1) is 13.3. The Labute approximate surface area is 162 Å². The minimum atomic E-state index is -0.704. The lowest BCUT2D eigenvalue weighted by Crippen LogP contribution is -2.28. The van der Waals surface area contributed by atoms with E-state index in [1.54, 1.807) is 13.0 Å². The van der Waals surface area contributed by atoms with Crippen LogP contribution in [0.4, 0.5) is 14.5 Å². The Bertz CT molecular complexity index is 936. The van der Waals surface area contributed by atoms with Gasteiger partial charge in [-0.3, -0.25) is 4.79 Å². The Balaban J connectivity index is 2.17.